The molecular weight excluding hydrogens is 469 g/mol. The first-order valence-corrected chi connectivity index (χ1v) is 11.9. The molecule has 0 bridgehead atoms. The average molecular weight is 486 g/mol. The van der Waals surface area contributed by atoms with E-state index in [1.165, 1.54) is 10.4 Å². The summed E-state index contributed by atoms with van der Waals surface area (Å²) in [5.74, 6) is 0.294. The van der Waals surface area contributed by atoms with Crippen molar-refractivity contribution in [3.8, 4) is 5.75 Å². The summed E-state index contributed by atoms with van der Waals surface area (Å²) in [6, 6.07) is 9.65. The smallest absolute Gasteiger partial charge is 0.246 e. The highest BCUT2D eigenvalue weighted by Crippen LogP contribution is 2.38. The second-order valence-corrected chi connectivity index (χ2v) is 9.80. The highest BCUT2D eigenvalue weighted by atomic mass is 35.5. The number of para-hydroxylation sites is 1. The first-order chi connectivity index (χ1) is 14.4. The molecule has 12 heteroatoms. The maximum absolute atomic E-state index is 12.9. The molecule has 2 heterocycles. The number of halogens is 2. The molecule has 0 unspecified atom stereocenters. The van der Waals surface area contributed by atoms with Crippen LogP contribution in [0.5, 0.6) is 5.75 Å². The lowest BCUT2D eigenvalue weighted by molar-refractivity contribution is 0.445. The first-order valence-electron chi connectivity index (χ1n) is 9.00. The Labute approximate surface area is 187 Å². The van der Waals surface area contributed by atoms with E-state index in [-0.39, 0.29) is 16.3 Å². The molecule has 1 aliphatic rings. The number of rotatable bonds is 6. The molecular formula is C18H17Cl2N5O3S2. The van der Waals surface area contributed by atoms with E-state index in [1.807, 2.05) is 0 Å². The fraction of sp³-hybridized carbons (Fsp3) is 0.222. The molecule has 8 nitrogen and oxygen atoms in total. The van der Waals surface area contributed by atoms with E-state index >= 15 is 0 Å². The second kappa shape index (κ2) is 8.56. The van der Waals surface area contributed by atoms with Crippen LogP contribution in [0.4, 0.5) is 23.0 Å². The third-order valence-corrected chi connectivity index (χ3v) is 7.91. The Morgan fingerprint density at radius 1 is 0.967 bits per heavy atom. The molecule has 1 aromatic heterocycles. The van der Waals surface area contributed by atoms with Crippen LogP contribution in [0.3, 0.4) is 0 Å². The molecule has 2 aromatic carbocycles. The summed E-state index contributed by atoms with van der Waals surface area (Å²) in [7, 11) is -3.78. The lowest BCUT2D eigenvalue weighted by Crippen LogP contribution is -2.28. The number of phenols is 1. The maximum Gasteiger partial charge on any atom is 0.246 e. The van der Waals surface area contributed by atoms with Gasteiger partial charge in [0.05, 0.1) is 33.1 Å². The van der Waals surface area contributed by atoms with Crippen LogP contribution in [0.25, 0.3) is 0 Å². The van der Waals surface area contributed by atoms with Gasteiger partial charge in [0.15, 0.2) is 17.4 Å². The van der Waals surface area contributed by atoms with Gasteiger partial charge in [-0.1, -0.05) is 35.3 Å². The fourth-order valence-corrected chi connectivity index (χ4v) is 5.54. The van der Waals surface area contributed by atoms with Crippen LogP contribution in [0, 0.1) is 0 Å². The highest BCUT2D eigenvalue weighted by molar-refractivity contribution is 7.89. The van der Waals surface area contributed by atoms with Crippen LogP contribution >= 0.6 is 34.9 Å². The predicted molar refractivity (Wildman–Crippen MR) is 119 cm³/mol. The molecule has 0 saturated carbocycles. The molecule has 0 aliphatic carbocycles. The number of nitrogens with one attached hydrogen (secondary N) is 2. The van der Waals surface area contributed by atoms with Gasteiger partial charge in [0.2, 0.25) is 10.0 Å². The molecule has 1 aliphatic heterocycles. The van der Waals surface area contributed by atoms with Crippen molar-refractivity contribution in [2.75, 3.05) is 23.7 Å². The van der Waals surface area contributed by atoms with Crippen LogP contribution in [0.1, 0.15) is 12.8 Å². The zero-order valence-electron chi connectivity index (χ0n) is 15.5. The minimum Gasteiger partial charge on any atom is -0.504 e. The van der Waals surface area contributed by atoms with Crippen molar-refractivity contribution in [2.24, 2.45) is 0 Å². The van der Waals surface area contributed by atoms with E-state index in [0.29, 0.717) is 40.5 Å². The van der Waals surface area contributed by atoms with Crippen LogP contribution in [-0.4, -0.2) is 39.7 Å². The standard InChI is InChI=1S/C18H17Cl2N5O3S2/c19-11-5-3-6-12(15(11)20)21-17-18(24-29-23-17)22-13-7-4-8-14(16(13)26)30(27,28)25-9-1-2-10-25/h3-8,26H,1-2,9-10H2,(H,21,23)(H,22,24). The first kappa shape index (κ1) is 21.1. The van der Waals surface area contributed by atoms with Crippen molar-refractivity contribution in [2.45, 2.75) is 17.7 Å². The third-order valence-electron chi connectivity index (χ3n) is 4.63. The van der Waals surface area contributed by atoms with Crippen molar-refractivity contribution in [3.05, 3.63) is 46.4 Å². The monoisotopic (exact) mass is 485 g/mol. The lowest BCUT2D eigenvalue weighted by Gasteiger charge is -2.18. The topological polar surface area (TPSA) is 107 Å². The molecule has 1 saturated heterocycles. The molecule has 4 rings (SSSR count). The summed E-state index contributed by atoms with van der Waals surface area (Å²) >= 11 is 13.2. The molecule has 0 amide bonds. The Morgan fingerprint density at radius 2 is 1.57 bits per heavy atom. The Balaban J connectivity index is 1.62. The minimum atomic E-state index is -3.78. The molecule has 0 radical (unpaired) electrons. The van der Waals surface area contributed by atoms with Gasteiger partial charge in [-0.15, -0.1) is 0 Å². The van der Waals surface area contributed by atoms with Gasteiger partial charge < -0.3 is 15.7 Å². The average Bonchev–Trinajstić information content (AvgIpc) is 3.40. The number of anilines is 4. The molecule has 3 N–H and O–H groups in total. The van der Waals surface area contributed by atoms with Crippen molar-refractivity contribution >= 4 is 68.0 Å². The van der Waals surface area contributed by atoms with E-state index in [1.54, 1.807) is 30.3 Å². The summed E-state index contributed by atoms with van der Waals surface area (Å²) in [6.45, 7) is 0.897. The molecule has 1 fully saturated rings. The summed E-state index contributed by atoms with van der Waals surface area (Å²) in [6.07, 6.45) is 1.62. The van der Waals surface area contributed by atoms with Crippen LogP contribution < -0.4 is 10.6 Å². The predicted octanol–water partition coefficient (Wildman–Crippen LogP) is 4.82. The van der Waals surface area contributed by atoms with Crippen molar-refractivity contribution in [1.82, 2.24) is 13.1 Å². The van der Waals surface area contributed by atoms with Gasteiger partial charge in [-0.05, 0) is 37.1 Å². The number of benzene rings is 2. The molecule has 3 aromatic rings. The number of nitrogens with zero attached hydrogens (tertiary/aromatic N) is 3. The summed E-state index contributed by atoms with van der Waals surface area (Å²) < 4.78 is 35.5. The zero-order valence-corrected chi connectivity index (χ0v) is 18.6. The molecule has 158 valence electrons. The number of aromatic nitrogens is 2. The van der Waals surface area contributed by atoms with E-state index in [0.717, 1.165) is 24.6 Å². The van der Waals surface area contributed by atoms with Crippen molar-refractivity contribution in [1.29, 1.82) is 0 Å². The maximum atomic E-state index is 12.9. The Kier molecular flexibility index (Phi) is 6.03. The van der Waals surface area contributed by atoms with Gasteiger partial charge in [0.25, 0.3) is 0 Å². The number of hydrogen-bond acceptors (Lipinski definition) is 8. The van der Waals surface area contributed by atoms with E-state index < -0.39 is 10.0 Å². The Hall–Kier alpha value is -2.11. The van der Waals surface area contributed by atoms with Crippen LogP contribution in [0.2, 0.25) is 10.0 Å². The lowest BCUT2D eigenvalue weighted by atomic mass is 10.3. The summed E-state index contributed by atoms with van der Waals surface area (Å²) in [4.78, 5) is -0.148. The quantitative estimate of drug-likeness (QED) is 0.429. The molecule has 30 heavy (non-hydrogen) atoms. The largest absolute Gasteiger partial charge is 0.504 e. The minimum absolute atomic E-state index is 0.148. The number of hydrogen-bond donors (Lipinski definition) is 3. The Morgan fingerprint density at radius 3 is 2.27 bits per heavy atom. The molecule has 0 atom stereocenters. The van der Waals surface area contributed by atoms with Crippen molar-refractivity contribution in [3.63, 3.8) is 0 Å². The van der Waals surface area contributed by atoms with Gasteiger partial charge >= 0.3 is 0 Å². The zero-order chi connectivity index (χ0) is 21.3. The second-order valence-electron chi connectivity index (χ2n) is 6.58. The van der Waals surface area contributed by atoms with Gasteiger partial charge in [0, 0.05) is 13.1 Å². The highest BCUT2D eigenvalue weighted by Gasteiger charge is 2.30. The van der Waals surface area contributed by atoms with E-state index in [9.17, 15) is 13.5 Å². The fourth-order valence-electron chi connectivity index (χ4n) is 3.11. The normalized spacial score (nSPS) is 14.7. The van der Waals surface area contributed by atoms with Gasteiger partial charge in [-0.3, -0.25) is 0 Å². The van der Waals surface area contributed by atoms with E-state index in [4.69, 9.17) is 23.2 Å². The number of aromatic hydroxyl groups is 1. The third kappa shape index (κ3) is 4.06. The van der Waals surface area contributed by atoms with Crippen LogP contribution in [0.15, 0.2) is 41.3 Å². The summed E-state index contributed by atoms with van der Waals surface area (Å²) in [5.41, 5.74) is 0.734. The molecule has 0 spiro atoms. The Bertz CT molecular complexity index is 1180. The summed E-state index contributed by atoms with van der Waals surface area (Å²) in [5, 5.41) is 17.4. The number of sulfonamides is 1. The van der Waals surface area contributed by atoms with Crippen molar-refractivity contribution < 1.29 is 13.5 Å². The number of phenolic OH excluding ortho intramolecular Hbond substituents is 1. The van der Waals surface area contributed by atoms with Gasteiger partial charge in [-0.25, -0.2) is 8.42 Å². The van der Waals surface area contributed by atoms with Crippen LogP contribution in [-0.2, 0) is 10.0 Å². The van der Waals surface area contributed by atoms with E-state index in [2.05, 4.69) is 19.4 Å². The van der Waals surface area contributed by atoms with Gasteiger partial charge in [-0.2, -0.15) is 13.1 Å². The van der Waals surface area contributed by atoms with Gasteiger partial charge in [0.1, 0.15) is 4.90 Å². The SMILES string of the molecule is O=S(=O)(c1cccc(Nc2nsnc2Nc2cccc(Cl)c2Cl)c1O)N1CCCC1.